The summed E-state index contributed by atoms with van der Waals surface area (Å²) in [5.41, 5.74) is 1.87. The van der Waals surface area contributed by atoms with Crippen molar-refractivity contribution < 1.29 is 13.6 Å². The zero-order chi connectivity index (χ0) is 28.4. The summed E-state index contributed by atoms with van der Waals surface area (Å²) >= 11 is 6.72. The second-order valence-electron chi connectivity index (χ2n) is 9.60. The Labute approximate surface area is 241 Å². The Morgan fingerprint density at radius 2 is 1.82 bits per heavy atom. The topological polar surface area (TPSA) is 85.7 Å². The molecule has 40 heavy (non-hydrogen) atoms. The highest BCUT2D eigenvalue weighted by Gasteiger charge is 2.34. The van der Waals surface area contributed by atoms with Gasteiger partial charge in [-0.1, -0.05) is 30.9 Å². The summed E-state index contributed by atoms with van der Waals surface area (Å²) in [4.78, 5) is 33.1. The van der Waals surface area contributed by atoms with Crippen molar-refractivity contribution in [3.8, 4) is 6.07 Å². The molecule has 2 aliphatic heterocycles. The number of thiocarbonyl (C=S) groups is 1. The third kappa shape index (κ3) is 5.29. The number of furan rings is 1. The van der Waals surface area contributed by atoms with Crippen LogP contribution in [0.15, 0.2) is 56.8 Å². The highest BCUT2D eigenvalue weighted by molar-refractivity contribution is 8.26. The van der Waals surface area contributed by atoms with Crippen LogP contribution in [0.5, 0.6) is 0 Å². The molecule has 11 heteroatoms. The van der Waals surface area contributed by atoms with Crippen LogP contribution in [-0.2, 0) is 17.9 Å². The molecule has 0 spiro atoms. The van der Waals surface area contributed by atoms with Gasteiger partial charge in [0.2, 0.25) is 0 Å². The predicted molar refractivity (Wildman–Crippen MR) is 159 cm³/mol. The lowest BCUT2D eigenvalue weighted by molar-refractivity contribution is -0.122. The summed E-state index contributed by atoms with van der Waals surface area (Å²) in [6.45, 7) is 6.92. The van der Waals surface area contributed by atoms with E-state index in [9.17, 15) is 19.2 Å². The van der Waals surface area contributed by atoms with Crippen molar-refractivity contribution in [3.63, 3.8) is 0 Å². The second-order valence-corrected chi connectivity index (χ2v) is 11.3. The maximum Gasteiger partial charge on any atom is 0.270 e. The number of thioether (sulfide) groups is 1. The summed E-state index contributed by atoms with van der Waals surface area (Å²) in [5.74, 6) is 0.790. The SMILES string of the molecule is CCCn1c(N2CCN(c3ccc(F)cc3)CC2)c(C=C2SC(=S)N(Cc3ccco3)C2=O)c(C)c(C#N)c1=O. The van der Waals surface area contributed by atoms with Gasteiger partial charge in [0.05, 0.1) is 17.7 Å². The molecule has 4 heterocycles. The van der Waals surface area contributed by atoms with Crippen molar-refractivity contribution >= 4 is 51.8 Å². The van der Waals surface area contributed by atoms with Crippen LogP contribution in [-0.4, -0.2) is 45.9 Å². The van der Waals surface area contributed by atoms with Crippen LogP contribution in [0.2, 0.25) is 0 Å². The molecule has 0 unspecified atom stereocenters. The zero-order valence-electron chi connectivity index (χ0n) is 22.2. The number of benzene rings is 1. The maximum absolute atomic E-state index is 13.5. The van der Waals surface area contributed by atoms with E-state index in [2.05, 4.69) is 15.9 Å². The molecule has 0 radical (unpaired) electrons. The van der Waals surface area contributed by atoms with Gasteiger partial charge in [0.15, 0.2) is 0 Å². The summed E-state index contributed by atoms with van der Waals surface area (Å²) in [6.07, 6.45) is 4.01. The van der Waals surface area contributed by atoms with Crippen LogP contribution in [0.3, 0.4) is 0 Å². The van der Waals surface area contributed by atoms with E-state index in [1.807, 2.05) is 6.92 Å². The number of carbonyl (C=O) groups excluding carboxylic acids is 1. The molecule has 0 saturated carbocycles. The molecule has 2 saturated heterocycles. The number of amides is 1. The van der Waals surface area contributed by atoms with Crippen LogP contribution < -0.4 is 15.4 Å². The number of hydrogen-bond donors (Lipinski definition) is 0. The Hall–Kier alpha value is -3.88. The first kappa shape index (κ1) is 27.7. The van der Waals surface area contributed by atoms with E-state index in [-0.39, 0.29) is 29.4 Å². The number of piperazine rings is 1. The minimum absolute atomic E-state index is 0.0689. The molecular weight excluding hydrogens is 549 g/mol. The number of hydrogen-bond acceptors (Lipinski definition) is 8. The quantitative estimate of drug-likeness (QED) is 0.290. The second kappa shape index (κ2) is 11.7. The summed E-state index contributed by atoms with van der Waals surface area (Å²) in [5, 5.41) is 9.90. The smallest absolute Gasteiger partial charge is 0.270 e. The summed E-state index contributed by atoms with van der Waals surface area (Å²) in [6, 6.07) is 12.1. The molecule has 2 aliphatic rings. The number of carbonyl (C=O) groups is 1. The minimum Gasteiger partial charge on any atom is -0.467 e. The van der Waals surface area contributed by atoms with Gasteiger partial charge in [-0.15, -0.1) is 0 Å². The normalized spacial score (nSPS) is 16.8. The third-order valence-corrected chi connectivity index (χ3v) is 8.49. The van der Waals surface area contributed by atoms with Gasteiger partial charge in [-0.25, -0.2) is 4.39 Å². The fourth-order valence-electron chi connectivity index (χ4n) is 5.07. The van der Waals surface area contributed by atoms with Crippen molar-refractivity contribution in [1.29, 1.82) is 5.26 Å². The lowest BCUT2D eigenvalue weighted by Crippen LogP contribution is -2.48. The number of anilines is 2. The van der Waals surface area contributed by atoms with Gasteiger partial charge in [0, 0.05) is 44.0 Å². The van der Waals surface area contributed by atoms with Crippen LogP contribution in [0, 0.1) is 24.1 Å². The Kier molecular flexibility index (Phi) is 8.09. The molecule has 0 N–H and O–H groups in total. The summed E-state index contributed by atoms with van der Waals surface area (Å²) < 4.78 is 20.9. The molecule has 5 rings (SSSR count). The first-order chi connectivity index (χ1) is 19.3. The largest absolute Gasteiger partial charge is 0.467 e. The molecule has 0 aliphatic carbocycles. The van der Waals surface area contributed by atoms with Crippen molar-refractivity contribution in [2.24, 2.45) is 0 Å². The van der Waals surface area contributed by atoms with Gasteiger partial charge in [-0.2, -0.15) is 5.26 Å². The van der Waals surface area contributed by atoms with Gasteiger partial charge in [0.25, 0.3) is 11.5 Å². The monoisotopic (exact) mass is 577 g/mol. The number of halogens is 1. The molecule has 3 aromatic rings. The molecule has 0 atom stereocenters. The van der Waals surface area contributed by atoms with E-state index >= 15 is 0 Å². The van der Waals surface area contributed by atoms with E-state index in [0.717, 1.165) is 5.69 Å². The lowest BCUT2D eigenvalue weighted by Gasteiger charge is -2.39. The highest BCUT2D eigenvalue weighted by Crippen LogP contribution is 2.37. The molecule has 2 fully saturated rings. The van der Waals surface area contributed by atoms with Crippen molar-refractivity contribution in [2.45, 2.75) is 33.4 Å². The number of nitrogens with zero attached hydrogens (tertiary/aromatic N) is 5. The van der Waals surface area contributed by atoms with Crippen molar-refractivity contribution in [3.05, 3.63) is 86.2 Å². The first-order valence-electron chi connectivity index (χ1n) is 13.0. The highest BCUT2D eigenvalue weighted by atomic mass is 32.2. The molecule has 2 aromatic heterocycles. The van der Waals surface area contributed by atoms with E-state index in [0.29, 0.717) is 71.1 Å². The Balaban J connectivity index is 1.54. The third-order valence-electron chi connectivity index (χ3n) is 7.11. The van der Waals surface area contributed by atoms with Crippen molar-refractivity contribution in [1.82, 2.24) is 9.47 Å². The number of nitriles is 1. The number of rotatable bonds is 7. The van der Waals surface area contributed by atoms with Gasteiger partial charge in [-0.05, 0) is 61.4 Å². The van der Waals surface area contributed by atoms with E-state index < -0.39 is 0 Å². The van der Waals surface area contributed by atoms with Crippen LogP contribution in [0.1, 0.15) is 35.8 Å². The predicted octanol–water partition coefficient (Wildman–Crippen LogP) is 4.90. The lowest BCUT2D eigenvalue weighted by atomic mass is 10.0. The van der Waals surface area contributed by atoms with Gasteiger partial charge < -0.3 is 14.2 Å². The molecule has 0 bridgehead atoms. The average Bonchev–Trinajstić information content (AvgIpc) is 3.56. The van der Waals surface area contributed by atoms with Crippen molar-refractivity contribution in [2.75, 3.05) is 36.0 Å². The molecule has 1 amide bonds. The molecule has 206 valence electrons. The Bertz CT molecular complexity index is 1570. The van der Waals surface area contributed by atoms with Gasteiger partial charge in [-0.3, -0.25) is 19.1 Å². The molecular formula is C29H28FN5O3S2. The fraction of sp³-hybridized carbons (Fsp3) is 0.310. The standard InChI is InChI=1S/C29H28FN5O3S2/c1-3-10-34-26(33-13-11-32(12-14-33)21-8-6-20(30)7-9-21)23(19(2)24(17-31)27(34)36)16-25-28(37)35(29(39)40-25)18-22-5-4-15-38-22/h4-9,15-16H,3,10-14,18H2,1-2H3. The molecule has 1 aromatic carbocycles. The van der Waals surface area contributed by atoms with Crippen LogP contribution in [0.4, 0.5) is 15.9 Å². The van der Waals surface area contributed by atoms with E-state index in [4.69, 9.17) is 16.6 Å². The number of pyridine rings is 1. The fourth-order valence-corrected chi connectivity index (χ4v) is 6.31. The Morgan fingerprint density at radius 1 is 1.12 bits per heavy atom. The maximum atomic E-state index is 13.5. The first-order valence-corrected chi connectivity index (χ1v) is 14.3. The minimum atomic E-state index is -0.333. The Morgan fingerprint density at radius 3 is 2.45 bits per heavy atom. The number of aromatic nitrogens is 1. The van der Waals surface area contributed by atoms with Gasteiger partial charge >= 0.3 is 0 Å². The van der Waals surface area contributed by atoms with Crippen LogP contribution in [0.25, 0.3) is 6.08 Å². The van der Waals surface area contributed by atoms with E-state index in [1.165, 1.54) is 28.8 Å². The molecule has 8 nitrogen and oxygen atoms in total. The van der Waals surface area contributed by atoms with Crippen LogP contribution >= 0.6 is 24.0 Å². The van der Waals surface area contributed by atoms with Gasteiger partial charge in [0.1, 0.15) is 33.3 Å². The average molecular weight is 578 g/mol. The zero-order valence-corrected chi connectivity index (χ0v) is 23.9. The van der Waals surface area contributed by atoms with E-state index in [1.54, 1.807) is 48.1 Å². The summed E-state index contributed by atoms with van der Waals surface area (Å²) in [7, 11) is 0.